The van der Waals surface area contributed by atoms with Gasteiger partial charge in [-0.3, -0.25) is 9.59 Å². The molecule has 0 saturated heterocycles. The maximum absolute atomic E-state index is 12.6. The molecule has 2 aromatic carbocycles. The number of hydrogen-bond acceptors (Lipinski definition) is 3. The van der Waals surface area contributed by atoms with Crippen LogP contribution in [0, 0.1) is 12.3 Å². The summed E-state index contributed by atoms with van der Waals surface area (Å²) in [5.74, 6) is 0.353. The molecule has 0 aromatic heterocycles. The number of amides is 2. The second-order valence-electron chi connectivity index (χ2n) is 7.60. The predicted molar refractivity (Wildman–Crippen MR) is 109 cm³/mol. The highest BCUT2D eigenvalue weighted by Crippen LogP contribution is 2.21. The van der Waals surface area contributed by atoms with Crippen LogP contribution in [0.1, 0.15) is 39.7 Å². The standard InChI is InChI=1S/C22H28N2O3/c1-6-19(27-18-12-10-15(2)11-13-18)20(25)23-16-8-7-9-17(14-16)24-21(26)22(3,4)5/h7-14,19H,6H2,1-5H3,(H,23,25)(H,24,26). The van der Waals surface area contributed by atoms with E-state index in [-0.39, 0.29) is 11.8 Å². The van der Waals surface area contributed by atoms with Gasteiger partial charge in [0.15, 0.2) is 6.10 Å². The van der Waals surface area contributed by atoms with Gasteiger partial charge in [0, 0.05) is 16.8 Å². The average Bonchev–Trinajstić information content (AvgIpc) is 2.60. The molecule has 0 spiro atoms. The first kappa shape index (κ1) is 20.5. The summed E-state index contributed by atoms with van der Waals surface area (Å²) in [6.07, 6.45) is -0.0549. The molecule has 0 saturated carbocycles. The summed E-state index contributed by atoms with van der Waals surface area (Å²) in [4.78, 5) is 24.7. The van der Waals surface area contributed by atoms with Crippen LogP contribution in [0.25, 0.3) is 0 Å². The topological polar surface area (TPSA) is 67.4 Å². The van der Waals surface area contributed by atoms with Gasteiger partial charge in [-0.05, 0) is 43.7 Å². The summed E-state index contributed by atoms with van der Waals surface area (Å²) in [6, 6.07) is 14.7. The third-order valence-corrected chi connectivity index (χ3v) is 4.03. The summed E-state index contributed by atoms with van der Waals surface area (Å²) in [7, 11) is 0. The number of benzene rings is 2. The number of rotatable bonds is 6. The van der Waals surface area contributed by atoms with Gasteiger partial charge in [-0.15, -0.1) is 0 Å². The molecule has 144 valence electrons. The van der Waals surface area contributed by atoms with Gasteiger partial charge in [0.05, 0.1) is 0 Å². The summed E-state index contributed by atoms with van der Waals surface area (Å²) in [6.45, 7) is 9.45. The number of ether oxygens (including phenoxy) is 1. The first-order valence-electron chi connectivity index (χ1n) is 9.14. The quantitative estimate of drug-likeness (QED) is 0.771. The maximum atomic E-state index is 12.6. The van der Waals surface area contributed by atoms with E-state index in [9.17, 15) is 9.59 Å². The normalized spacial score (nSPS) is 12.2. The smallest absolute Gasteiger partial charge is 0.265 e. The molecule has 0 fully saturated rings. The lowest BCUT2D eigenvalue weighted by Crippen LogP contribution is -2.32. The number of hydrogen-bond donors (Lipinski definition) is 2. The highest BCUT2D eigenvalue weighted by atomic mass is 16.5. The van der Waals surface area contributed by atoms with E-state index in [4.69, 9.17) is 4.74 Å². The Morgan fingerprint density at radius 1 is 1.00 bits per heavy atom. The van der Waals surface area contributed by atoms with E-state index >= 15 is 0 Å². The second-order valence-corrected chi connectivity index (χ2v) is 7.60. The Kier molecular flexibility index (Phi) is 6.61. The highest BCUT2D eigenvalue weighted by molar-refractivity contribution is 5.97. The molecular formula is C22H28N2O3. The van der Waals surface area contributed by atoms with Crippen molar-refractivity contribution in [1.29, 1.82) is 0 Å². The fourth-order valence-corrected chi connectivity index (χ4v) is 2.32. The van der Waals surface area contributed by atoms with Crippen LogP contribution in [-0.4, -0.2) is 17.9 Å². The SMILES string of the molecule is CCC(Oc1ccc(C)cc1)C(=O)Nc1cccc(NC(=O)C(C)(C)C)c1. The van der Waals surface area contributed by atoms with Crippen LogP contribution in [0.15, 0.2) is 48.5 Å². The summed E-state index contributed by atoms with van der Waals surface area (Å²) < 4.78 is 5.81. The lowest BCUT2D eigenvalue weighted by molar-refractivity contribution is -0.123. The van der Waals surface area contributed by atoms with E-state index in [0.29, 0.717) is 23.5 Å². The van der Waals surface area contributed by atoms with E-state index in [1.54, 1.807) is 24.3 Å². The first-order chi connectivity index (χ1) is 12.7. The Labute approximate surface area is 161 Å². The molecule has 0 heterocycles. The van der Waals surface area contributed by atoms with Crippen LogP contribution < -0.4 is 15.4 Å². The van der Waals surface area contributed by atoms with Crippen molar-refractivity contribution in [3.8, 4) is 5.75 Å². The van der Waals surface area contributed by atoms with Crippen molar-refractivity contribution in [3.05, 3.63) is 54.1 Å². The lowest BCUT2D eigenvalue weighted by atomic mass is 9.95. The molecule has 0 bridgehead atoms. The van der Waals surface area contributed by atoms with Crippen molar-refractivity contribution >= 4 is 23.2 Å². The van der Waals surface area contributed by atoms with Crippen molar-refractivity contribution in [2.75, 3.05) is 10.6 Å². The highest BCUT2D eigenvalue weighted by Gasteiger charge is 2.22. The van der Waals surface area contributed by atoms with Gasteiger partial charge in [0.2, 0.25) is 5.91 Å². The molecule has 2 aromatic rings. The van der Waals surface area contributed by atoms with Gasteiger partial charge in [-0.2, -0.15) is 0 Å². The van der Waals surface area contributed by atoms with E-state index in [2.05, 4.69) is 10.6 Å². The largest absolute Gasteiger partial charge is 0.481 e. The van der Waals surface area contributed by atoms with Crippen LogP contribution in [0.5, 0.6) is 5.75 Å². The summed E-state index contributed by atoms with van der Waals surface area (Å²) in [5.41, 5.74) is 1.89. The van der Waals surface area contributed by atoms with Crippen molar-refractivity contribution in [2.45, 2.75) is 47.1 Å². The zero-order chi connectivity index (χ0) is 20.0. The molecule has 1 atom stereocenters. The Morgan fingerprint density at radius 2 is 1.59 bits per heavy atom. The van der Waals surface area contributed by atoms with E-state index < -0.39 is 11.5 Å². The molecule has 2 amide bonds. The van der Waals surface area contributed by atoms with Crippen molar-refractivity contribution in [3.63, 3.8) is 0 Å². The monoisotopic (exact) mass is 368 g/mol. The number of carbonyl (C=O) groups excluding carboxylic acids is 2. The Bertz CT molecular complexity index is 792. The molecule has 27 heavy (non-hydrogen) atoms. The van der Waals surface area contributed by atoms with Gasteiger partial charge in [-0.1, -0.05) is 51.5 Å². The third-order valence-electron chi connectivity index (χ3n) is 4.03. The van der Waals surface area contributed by atoms with Gasteiger partial charge >= 0.3 is 0 Å². The Morgan fingerprint density at radius 3 is 2.15 bits per heavy atom. The minimum absolute atomic E-state index is 0.0832. The zero-order valence-corrected chi connectivity index (χ0v) is 16.6. The van der Waals surface area contributed by atoms with Gasteiger partial charge in [0.1, 0.15) is 5.75 Å². The Balaban J connectivity index is 2.04. The zero-order valence-electron chi connectivity index (χ0n) is 16.6. The molecule has 0 aliphatic carbocycles. The molecule has 2 rings (SSSR count). The molecular weight excluding hydrogens is 340 g/mol. The molecule has 5 nitrogen and oxygen atoms in total. The van der Waals surface area contributed by atoms with Crippen LogP contribution in [-0.2, 0) is 9.59 Å². The lowest BCUT2D eigenvalue weighted by Gasteiger charge is -2.19. The number of carbonyl (C=O) groups is 2. The van der Waals surface area contributed by atoms with Crippen LogP contribution in [0.2, 0.25) is 0 Å². The van der Waals surface area contributed by atoms with Gasteiger partial charge < -0.3 is 15.4 Å². The molecule has 2 N–H and O–H groups in total. The maximum Gasteiger partial charge on any atom is 0.265 e. The van der Waals surface area contributed by atoms with Crippen LogP contribution in [0.4, 0.5) is 11.4 Å². The first-order valence-corrected chi connectivity index (χ1v) is 9.14. The number of anilines is 2. The number of aryl methyl sites for hydroxylation is 1. The predicted octanol–water partition coefficient (Wildman–Crippen LogP) is 4.78. The van der Waals surface area contributed by atoms with E-state index in [1.807, 2.05) is 58.9 Å². The van der Waals surface area contributed by atoms with Gasteiger partial charge in [0.25, 0.3) is 5.91 Å². The fraction of sp³-hybridized carbons (Fsp3) is 0.364. The molecule has 0 radical (unpaired) electrons. The summed E-state index contributed by atoms with van der Waals surface area (Å²) in [5, 5.41) is 5.72. The van der Waals surface area contributed by atoms with Crippen molar-refractivity contribution in [2.24, 2.45) is 5.41 Å². The Hall–Kier alpha value is -2.82. The minimum Gasteiger partial charge on any atom is -0.481 e. The van der Waals surface area contributed by atoms with Crippen LogP contribution in [0.3, 0.4) is 0 Å². The minimum atomic E-state index is -0.597. The molecule has 0 aliphatic rings. The molecule has 0 aliphatic heterocycles. The average molecular weight is 368 g/mol. The van der Waals surface area contributed by atoms with E-state index in [0.717, 1.165) is 5.56 Å². The second kappa shape index (κ2) is 8.71. The fourth-order valence-electron chi connectivity index (χ4n) is 2.32. The van der Waals surface area contributed by atoms with Crippen molar-refractivity contribution in [1.82, 2.24) is 0 Å². The summed E-state index contributed by atoms with van der Waals surface area (Å²) >= 11 is 0. The molecule has 1 unspecified atom stereocenters. The van der Waals surface area contributed by atoms with Crippen LogP contribution >= 0.6 is 0 Å². The van der Waals surface area contributed by atoms with E-state index in [1.165, 1.54) is 0 Å². The molecule has 5 heteroatoms. The van der Waals surface area contributed by atoms with Gasteiger partial charge in [-0.25, -0.2) is 0 Å². The van der Waals surface area contributed by atoms with Crippen molar-refractivity contribution < 1.29 is 14.3 Å². The number of nitrogens with one attached hydrogen (secondary N) is 2. The third kappa shape index (κ3) is 6.13.